The van der Waals surface area contributed by atoms with Crippen LogP contribution in [0.15, 0.2) is 42.7 Å². The largest absolute Gasteiger partial charge is 0.485 e. The van der Waals surface area contributed by atoms with E-state index in [1.165, 1.54) is 5.56 Å². The Labute approximate surface area is 113 Å². The zero-order valence-corrected chi connectivity index (χ0v) is 11.3. The summed E-state index contributed by atoms with van der Waals surface area (Å²) in [5, 5.41) is 3.30. The molecule has 0 bridgehead atoms. The number of benzene rings is 1. The molecule has 0 spiro atoms. The molecular weight excluding hydrogens is 238 g/mol. The molecule has 1 heterocycles. The van der Waals surface area contributed by atoms with Crippen molar-refractivity contribution >= 4 is 0 Å². The molecule has 2 aromatic rings. The van der Waals surface area contributed by atoms with Gasteiger partial charge in [-0.2, -0.15) is 0 Å². The van der Waals surface area contributed by atoms with E-state index >= 15 is 0 Å². The maximum atomic E-state index is 5.84. The third kappa shape index (κ3) is 3.51. The van der Waals surface area contributed by atoms with Crippen LogP contribution in [0.2, 0.25) is 0 Å². The maximum absolute atomic E-state index is 5.84. The summed E-state index contributed by atoms with van der Waals surface area (Å²) in [5.74, 6) is 1.57. The summed E-state index contributed by atoms with van der Waals surface area (Å²) in [7, 11) is 1.96. The van der Waals surface area contributed by atoms with Crippen LogP contribution in [0.1, 0.15) is 30.8 Å². The molecular formula is C15H19N3O. The first kappa shape index (κ1) is 13.5. The molecule has 0 saturated heterocycles. The zero-order chi connectivity index (χ0) is 13.5. The molecule has 1 unspecified atom stereocenters. The first-order valence-corrected chi connectivity index (χ1v) is 6.50. The third-order valence-corrected chi connectivity index (χ3v) is 3.03. The van der Waals surface area contributed by atoms with Gasteiger partial charge in [0, 0.05) is 24.0 Å². The third-order valence-electron chi connectivity index (χ3n) is 3.03. The van der Waals surface area contributed by atoms with E-state index in [-0.39, 0.29) is 0 Å². The topological polar surface area (TPSA) is 47.0 Å². The molecule has 0 amide bonds. The fourth-order valence-corrected chi connectivity index (χ4v) is 2.03. The first-order valence-electron chi connectivity index (χ1n) is 6.50. The summed E-state index contributed by atoms with van der Waals surface area (Å²) in [6.07, 6.45) is 4.46. The fraction of sp³-hybridized carbons (Fsp3) is 0.333. The number of hydrogen-bond donors (Lipinski definition) is 1. The van der Waals surface area contributed by atoms with Gasteiger partial charge in [-0.25, -0.2) is 9.97 Å². The van der Waals surface area contributed by atoms with Crippen molar-refractivity contribution in [2.75, 3.05) is 7.05 Å². The Morgan fingerprint density at radius 3 is 2.58 bits per heavy atom. The van der Waals surface area contributed by atoms with Crippen LogP contribution in [-0.2, 0) is 6.61 Å². The quantitative estimate of drug-likeness (QED) is 0.864. The highest BCUT2D eigenvalue weighted by molar-refractivity contribution is 5.35. The number of hydrogen-bond acceptors (Lipinski definition) is 4. The van der Waals surface area contributed by atoms with Gasteiger partial charge in [0.2, 0.25) is 0 Å². The highest BCUT2D eigenvalue weighted by Gasteiger charge is 2.12. The van der Waals surface area contributed by atoms with Gasteiger partial charge in [0.15, 0.2) is 5.82 Å². The van der Waals surface area contributed by atoms with Crippen LogP contribution in [-0.4, -0.2) is 17.0 Å². The Hall–Kier alpha value is -1.94. The van der Waals surface area contributed by atoms with Gasteiger partial charge in [-0.3, -0.25) is 0 Å². The first-order chi connectivity index (χ1) is 9.35. The molecule has 1 N–H and O–H groups in total. The van der Waals surface area contributed by atoms with Crippen molar-refractivity contribution in [3.63, 3.8) is 0 Å². The van der Waals surface area contributed by atoms with Crippen LogP contribution >= 0.6 is 0 Å². The number of ether oxygens (including phenoxy) is 1. The summed E-state index contributed by atoms with van der Waals surface area (Å²) in [6, 6.07) is 10.2. The van der Waals surface area contributed by atoms with Crippen LogP contribution in [0.3, 0.4) is 0 Å². The summed E-state index contributed by atoms with van der Waals surface area (Å²) >= 11 is 0. The maximum Gasteiger partial charge on any atom is 0.166 e. The SMILES string of the molecule is CCC(NC)c1ccccc1OCc1ncccn1. The van der Waals surface area contributed by atoms with Crippen molar-refractivity contribution in [3.05, 3.63) is 54.1 Å². The van der Waals surface area contributed by atoms with Crippen molar-refractivity contribution in [2.24, 2.45) is 0 Å². The highest BCUT2D eigenvalue weighted by atomic mass is 16.5. The predicted octanol–water partition coefficient (Wildman–Crippen LogP) is 2.73. The van der Waals surface area contributed by atoms with Crippen LogP contribution in [0, 0.1) is 0 Å². The molecule has 4 heteroatoms. The Bertz CT molecular complexity index is 498. The lowest BCUT2D eigenvalue weighted by Crippen LogP contribution is -2.16. The second-order valence-corrected chi connectivity index (χ2v) is 4.24. The normalized spacial score (nSPS) is 12.1. The van der Waals surface area contributed by atoms with Gasteiger partial charge in [0.05, 0.1) is 0 Å². The molecule has 1 aromatic carbocycles. The van der Waals surface area contributed by atoms with Gasteiger partial charge < -0.3 is 10.1 Å². The molecule has 0 aliphatic rings. The predicted molar refractivity (Wildman–Crippen MR) is 74.9 cm³/mol. The Kier molecular flexibility index (Phi) is 4.86. The van der Waals surface area contributed by atoms with Crippen LogP contribution in [0.4, 0.5) is 0 Å². The number of para-hydroxylation sites is 1. The molecule has 0 aliphatic carbocycles. The monoisotopic (exact) mass is 257 g/mol. The van der Waals surface area contributed by atoms with E-state index < -0.39 is 0 Å². The molecule has 2 rings (SSSR count). The molecule has 1 aromatic heterocycles. The minimum atomic E-state index is 0.299. The van der Waals surface area contributed by atoms with E-state index in [1.54, 1.807) is 18.5 Å². The van der Waals surface area contributed by atoms with E-state index in [9.17, 15) is 0 Å². The summed E-state index contributed by atoms with van der Waals surface area (Å²) in [5.41, 5.74) is 1.17. The lowest BCUT2D eigenvalue weighted by atomic mass is 10.0. The van der Waals surface area contributed by atoms with Crippen LogP contribution in [0.25, 0.3) is 0 Å². The van der Waals surface area contributed by atoms with Gasteiger partial charge >= 0.3 is 0 Å². The molecule has 0 aliphatic heterocycles. The second-order valence-electron chi connectivity index (χ2n) is 4.24. The summed E-state index contributed by atoms with van der Waals surface area (Å²) in [6.45, 7) is 2.54. The summed E-state index contributed by atoms with van der Waals surface area (Å²) in [4.78, 5) is 8.31. The molecule has 19 heavy (non-hydrogen) atoms. The van der Waals surface area contributed by atoms with Crippen molar-refractivity contribution in [1.82, 2.24) is 15.3 Å². The Morgan fingerprint density at radius 1 is 1.16 bits per heavy atom. The standard InChI is InChI=1S/C15H19N3O/c1-3-13(16-2)12-7-4-5-8-14(12)19-11-15-17-9-6-10-18-15/h4-10,13,16H,3,11H2,1-2H3. The van der Waals surface area contributed by atoms with Crippen LogP contribution < -0.4 is 10.1 Å². The van der Waals surface area contributed by atoms with E-state index in [1.807, 2.05) is 25.2 Å². The van der Waals surface area contributed by atoms with Crippen molar-refractivity contribution in [2.45, 2.75) is 26.0 Å². The van der Waals surface area contributed by atoms with E-state index in [4.69, 9.17) is 4.74 Å². The zero-order valence-electron chi connectivity index (χ0n) is 11.3. The minimum Gasteiger partial charge on any atom is -0.485 e. The number of aromatic nitrogens is 2. The number of rotatable bonds is 6. The lowest BCUT2D eigenvalue weighted by molar-refractivity contribution is 0.289. The summed E-state index contributed by atoms with van der Waals surface area (Å²) < 4.78 is 5.84. The highest BCUT2D eigenvalue weighted by Crippen LogP contribution is 2.27. The average molecular weight is 257 g/mol. The van der Waals surface area contributed by atoms with E-state index in [2.05, 4.69) is 28.3 Å². The van der Waals surface area contributed by atoms with Gasteiger partial charge in [-0.15, -0.1) is 0 Å². The molecule has 4 nitrogen and oxygen atoms in total. The van der Waals surface area contributed by atoms with Crippen molar-refractivity contribution in [1.29, 1.82) is 0 Å². The number of nitrogens with one attached hydrogen (secondary N) is 1. The van der Waals surface area contributed by atoms with Gasteiger partial charge in [0.25, 0.3) is 0 Å². The molecule has 0 radical (unpaired) electrons. The molecule has 100 valence electrons. The lowest BCUT2D eigenvalue weighted by Gasteiger charge is -2.18. The van der Waals surface area contributed by atoms with Gasteiger partial charge in [0.1, 0.15) is 12.4 Å². The molecule has 1 atom stereocenters. The fourth-order valence-electron chi connectivity index (χ4n) is 2.03. The smallest absolute Gasteiger partial charge is 0.166 e. The van der Waals surface area contributed by atoms with E-state index in [0.717, 1.165) is 12.2 Å². The minimum absolute atomic E-state index is 0.299. The molecule has 0 saturated carbocycles. The van der Waals surface area contributed by atoms with Gasteiger partial charge in [-0.05, 0) is 25.6 Å². The van der Waals surface area contributed by atoms with Crippen molar-refractivity contribution in [3.8, 4) is 5.75 Å². The van der Waals surface area contributed by atoms with E-state index in [0.29, 0.717) is 18.5 Å². The average Bonchev–Trinajstić information content (AvgIpc) is 2.48. The van der Waals surface area contributed by atoms with Crippen LogP contribution in [0.5, 0.6) is 5.75 Å². The molecule has 0 fully saturated rings. The van der Waals surface area contributed by atoms with Crippen molar-refractivity contribution < 1.29 is 4.74 Å². The Balaban J connectivity index is 2.12. The Morgan fingerprint density at radius 2 is 1.89 bits per heavy atom. The second kappa shape index (κ2) is 6.85. The van der Waals surface area contributed by atoms with Gasteiger partial charge in [-0.1, -0.05) is 25.1 Å². The number of nitrogens with zero attached hydrogens (tertiary/aromatic N) is 2.